The number of hydrogen-bond acceptors (Lipinski definition) is 5. The summed E-state index contributed by atoms with van der Waals surface area (Å²) in [6, 6.07) is 11.5. The summed E-state index contributed by atoms with van der Waals surface area (Å²) in [6.45, 7) is 1.64. The van der Waals surface area contributed by atoms with Crippen LogP contribution in [0.5, 0.6) is 11.5 Å². The number of furan rings is 1. The van der Waals surface area contributed by atoms with Crippen LogP contribution in [0.15, 0.2) is 59.2 Å². The fourth-order valence-corrected chi connectivity index (χ4v) is 4.43. The number of hydrogen-bond donors (Lipinski definition) is 1. The summed E-state index contributed by atoms with van der Waals surface area (Å²) in [5, 5.41) is 3.09. The number of ether oxygens (including phenoxy) is 2. The zero-order valence-corrected chi connectivity index (χ0v) is 20.0. The molecule has 8 heteroatoms. The van der Waals surface area contributed by atoms with Gasteiger partial charge in [-0.1, -0.05) is 25.0 Å². The molecule has 1 unspecified atom stereocenters. The number of rotatable bonds is 8. The Bertz CT molecular complexity index is 1190. The molecule has 4 rings (SSSR count). The van der Waals surface area contributed by atoms with Crippen molar-refractivity contribution >= 4 is 17.5 Å². The van der Waals surface area contributed by atoms with Crippen LogP contribution in [0.2, 0.25) is 0 Å². The molecule has 1 aliphatic carbocycles. The maximum absolute atomic E-state index is 14.7. The Kier molecular flexibility index (Phi) is 7.39. The molecule has 0 radical (unpaired) electrons. The summed E-state index contributed by atoms with van der Waals surface area (Å²) in [5.41, 5.74) is 1.15. The van der Waals surface area contributed by atoms with Crippen molar-refractivity contribution in [1.82, 2.24) is 5.32 Å². The molecule has 1 saturated carbocycles. The average molecular weight is 481 g/mol. The van der Waals surface area contributed by atoms with Gasteiger partial charge in [0.1, 0.15) is 11.9 Å². The minimum atomic E-state index is -1.12. The van der Waals surface area contributed by atoms with Crippen molar-refractivity contribution in [3.8, 4) is 11.5 Å². The molecule has 184 valence electrons. The van der Waals surface area contributed by atoms with Crippen LogP contribution >= 0.6 is 0 Å². The summed E-state index contributed by atoms with van der Waals surface area (Å²) in [7, 11) is 3.01. The van der Waals surface area contributed by atoms with Crippen LogP contribution in [0, 0.1) is 12.7 Å². The Morgan fingerprint density at radius 2 is 1.80 bits per heavy atom. The third kappa shape index (κ3) is 5.16. The molecule has 1 fully saturated rings. The van der Waals surface area contributed by atoms with Gasteiger partial charge in [-0.05, 0) is 67.3 Å². The molecule has 2 amide bonds. The van der Waals surface area contributed by atoms with Crippen LogP contribution in [0.4, 0.5) is 10.1 Å². The van der Waals surface area contributed by atoms with Crippen LogP contribution in [0.25, 0.3) is 0 Å². The van der Waals surface area contributed by atoms with Crippen molar-refractivity contribution < 1.29 is 27.9 Å². The Morgan fingerprint density at radius 3 is 2.43 bits per heavy atom. The molecular weight excluding hydrogens is 451 g/mol. The maximum Gasteiger partial charge on any atom is 0.294 e. The minimum Gasteiger partial charge on any atom is -0.493 e. The van der Waals surface area contributed by atoms with Gasteiger partial charge >= 0.3 is 0 Å². The van der Waals surface area contributed by atoms with Gasteiger partial charge in [0, 0.05) is 11.7 Å². The van der Waals surface area contributed by atoms with E-state index in [1.807, 2.05) is 0 Å². The standard InChI is InChI=1S/C27H29FN2O5/c1-17-10-12-20(16-21(17)28)30(27(32)23-9-6-14-35-23)25(26(31)29-19-7-4-5-8-19)18-11-13-22(33-2)24(15-18)34-3/h6,9-16,19,25H,4-5,7-8H2,1-3H3,(H,29,31). The first-order valence-corrected chi connectivity index (χ1v) is 11.6. The van der Waals surface area contributed by atoms with Gasteiger partial charge in [0.15, 0.2) is 17.3 Å². The summed E-state index contributed by atoms with van der Waals surface area (Å²) in [6.07, 6.45) is 5.19. The molecule has 1 N–H and O–H groups in total. The van der Waals surface area contributed by atoms with Crippen LogP contribution in [0.3, 0.4) is 0 Å². The molecular formula is C27H29FN2O5. The maximum atomic E-state index is 14.7. The number of amides is 2. The quantitative estimate of drug-likeness (QED) is 0.480. The highest BCUT2D eigenvalue weighted by atomic mass is 19.1. The lowest BCUT2D eigenvalue weighted by Gasteiger charge is -2.32. The number of carbonyl (C=O) groups is 2. The Balaban J connectivity index is 1.86. The third-order valence-corrected chi connectivity index (χ3v) is 6.32. The smallest absolute Gasteiger partial charge is 0.294 e. The van der Waals surface area contributed by atoms with Gasteiger partial charge in [-0.25, -0.2) is 4.39 Å². The molecule has 0 saturated heterocycles. The zero-order chi connectivity index (χ0) is 24.9. The number of methoxy groups -OCH3 is 2. The number of halogens is 1. The molecule has 1 atom stereocenters. The van der Waals surface area contributed by atoms with Gasteiger partial charge in [0.25, 0.3) is 5.91 Å². The van der Waals surface area contributed by atoms with Crippen molar-refractivity contribution in [2.75, 3.05) is 19.1 Å². The second-order valence-electron chi connectivity index (χ2n) is 8.59. The van der Waals surface area contributed by atoms with E-state index in [9.17, 15) is 14.0 Å². The van der Waals surface area contributed by atoms with Crippen molar-refractivity contribution in [1.29, 1.82) is 0 Å². The van der Waals surface area contributed by atoms with Crippen LogP contribution in [0.1, 0.15) is 53.4 Å². The van der Waals surface area contributed by atoms with Gasteiger partial charge in [-0.15, -0.1) is 0 Å². The molecule has 7 nitrogen and oxygen atoms in total. The van der Waals surface area contributed by atoms with E-state index in [0.717, 1.165) is 25.7 Å². The predicted octanol–water partition coefficient (Wildman–Crippen LogP) is 5.19. The van der Waals surface area contributed by atoms with Crippen LogP contribution in [-0.4, -0.2) is 32.1 Å². The van der Waals surface area contributed by atoms with Crippen molar-refractivity contribution in [3.05, 3.63) is 77.5 Å². The number of aryl methyl sites for hydroxylation is 1. The lowest BCUT2D eigenvalue weighted by molar-refractivity contribution is -0.123. The molecule has 0 spiro atoms. The fourth-order valence-electron chi connectivity index (χ4n) is 4.43. The SMILES string of the molecule is COc1ccc(C(C(=O)NC2CCCC2)N(C(=O)c2ccco2)c2ccc(C)c(F)c2)cc1OC. The molecule has 1 aliphatic rings. The van der Waals surface area contributed by atoms with Crippen LogP contribution < -0.4 is 19.7 Å². The summed E-state index contributed by atoms with van der Waals surface area (Å²) < 4.78 is 30.8. The molecule has 35 heavy (non-hydrogen) atoms. The average Bonchev–Trinajstić information content (AvgIpc) is 3.58. The van der Waals surface area contributed by atoms with E-state index in [1.54, 1.807) is 43.3 Å². The normalized spacial score (nSPS) is 14.4. The van der Waals surface area contributed by atoms with Gasteiger partial charge in [0.05, 0.1) is 20.5 Å². The van der Waals surface area contributed by atoms with Crippen LogP contribution in [-0.2, 0) is 4.79 Å². The highest BCUT2D eigenvalue weighted by Crippen LogP contribution is 2.36. The van der Waals surface area contributed by atoms with Gasteiger partial charge in [-0.3, -0.25) is 14.5 Å². The van der Waals surface area contributed by atoms with E-state index in [0.29, 0.717) is 22.6 Å². The van der Waals surface area contributed by atoms with Gasteiger partial charge in [-0.2, -0.15) is 0 Å². The largest absolute Gasteiger partial charge is 0.493 e. The number of anilines is 1. The second-order valence-corrected chi connectivity index (χ2v) is 8.59. The van der Waals surface area contributed by atoms with Crippen molar-refractivity contribution in [2.45, 2.75) is 44.7 Å². The van der Waals surface area contributed by atoms with E-state index in [-0.39, 0.29) is 23.4 Å². The predicted molar refractivity (Wildman–Crippen MR) is 129 cm³/mol. The Morgan fingerprint density at radius 1 is 1.06 bits per heavy atom. The summed E-state index contributed by atoms with van der Waals surface area (Å²) >= 11 is 0. The number of nitrogens with zero attached hydrogens (tertiary/aromatic N) is 1. The van der Waals surface area contributed by atoms with E-state index >= 15 is 0 Å². The minimum absolute atomic E-state index is 0.0143. The summed E-state index contributed by atoms with van der Waals surface area (Å²) in [4.78, 5) is 28.8. The molecule has 1 aromatic heterocycles. The van der Waals surface area contributed by atoms with Gasteiger partial charge < -0.3 is 19.2 Å². The van der Waals surface area contributed by atoms with Crippen molar-refractivity contribution in [3.63, 3.8) is 0 Å². The van der Waals surface area contributed by atoms with E-state index in [1.165, 1.54) is 37.5 Å². The third-order valence-electron chi connectivity index (χ3n) is 6.32. The van der Waals surface area contributed by atoms with Gasteiger partial charge in [0.2, 0.25) is 5.91 Å². The molecule has 1 heterocycles. The lowest BCUT2D eigenvalue weighted by Crippen LogP contribution is -2.46. The lowest BCUT2D eigenvalue weighted by atomic mass is 10.0. The highest BCUT2D eigenvalue weighted by molar-refractivity contribution is 6.08. The topological polar surface area (TPSA) is 81.0 Å². The number of carbonyl (C=O) groups excluding carboxylic acids is 2. The highest BCUT2D eigenvalue weighted by Gasteiger charge is 2.36. The molecule has 3 aromatic rings. The number of benzene rings is 2. The Hall–Kier alpha value is -3.81. The molecule has 0 aliphatic heterocycles. The molecule has 0 bridgehead atoms. The first-order chi connectivity index (χ1) is 16.9. The zero-order valence-electron chi connectivity index (χ0n) is 20.0. The summed E-state index contributed by atoms with van der Waals surface area (Å²) in [5.74, 6) is -0.502. The van der Waals surface area contributed by atoms with E-state index < -0.39 is 17.8 Å². The second kappa shape index (κ2) is 10.6. The Labute approximate surface area is 203 Å². The monoisotopic (exact) mass is 480 g/mol. The first kappa shape index (κ1) is 24.3. The van der Waals surface area contributed by atoms with E-state index in [4.69, 9.17) is 13.9 Å². The first-order valence-electron chi connectivity index (χ1n) is 11.6. The van der Waals surface area contributed by atoms with Crippen molar-refractivity contribution in [2.24, 2.45) is 0 Å². The number of nitrogens with one attached hydrogen (secondary N) is 1. The molecule has 2 aromatic carbocycles. The van der Waals surface area contributed by atoms with E-state index in [2.05, 4.69) is 5.32 Å². The fraction of sp³-hybridized carbons (Fsp3) is 0.333.